The Balaban J connectivity index is 1.43. The van der Waals surface area contributed by atoms with Gasteiger partial charge in [-0.1, -0.05) is 18.2 Å². The van der Waals surface area contributed by atoms with Crippen LogP contribution in [0, 0.1) is 0 Å². The number of fused-ring (bicyclic) bond motifs is 1. The van der Waals surface area contributed by atoms with Gasteiger partial charge in [-0.15, -0.1) is 11.3 Å². The van der Waals surface area contributed by atoms with Gasteiger partial charge in [0.05, 0.1) is 35.6 Å². The highest BCUT2D eigenvalue weighted by Crippen LogP contribution is 2.36. The summed E-state index contributed by atoms with van der Waals surface area (Å²) in [5.74, 6) is 0.436. The van der Waals surface area contributed by atoms with Crippen LogP contribution in [0.5, 0.6) is 5.75 Å². The number of furan rings is 1. The smallest absolute Gasteiger partial charge is 0.262 e. The summed E-state index contributed by atoms with van der Waals surface area (Å²) in [6.07, 6.45) is 1.34. The molecule has 0 saturated carbocycles. The van der Waals surface area contributed by atoms with E-state index in [1.54, 1.807) is 29.7 Å². The molecule has 0 fully saturated rings. The van der Waals surface area contributed by atoms with Gasteiger partial charge < -0.3 is 19.8 Å². The Morgan fingerprint density at radius 3 is 2.77 bits per heavy atom. The van der Waals surface area contributed by atoms with E-state index in [0.29, 0.717) is 17.9 Å². The molecule has 0 spiro atoms. The number of para-hydroxylation sites is 2. The van der Waals surface area contributed by atoms with Gasteiger partial charge in [0.1, 0.15) is 17.6 Å². The molecule has 1 aromatic carbocycles. The zero-order valence-electron chi connectivity index (χ0n) is 16.5. The van der Waals surface area contributed by atoms with Gasteiger partial charge in [-0.05, 0) is 35.7 Å². The zero-order chi connectivity index (χ0) is 21.4. The van der Waals surface area contributed by atoms with Crippen molar-refractivity contribution < 1.29 is 18.7 Å². The van der Waals surface area contributed by atoms with Crippen molar-refractivity contribution in [1.29, 1.82) is 0 Å². The molecule has 5 rings (SSSR count). The molecular weight excluding hydrogens is 416 g/mol. The Labute approximate surface area is 182 Å². The van der Waals surface area contributed by atoms with E-state index in [-0.39, 0.29) is 25.0 Å². The standard InChI is InChI=1S/C22H20N4O4S/c23-22(28)19-12-25(15-5-1-2-6-18(15)30-19)13-21(27)26-16(17-7-3-9-29-17)11-14(24-26)20-8-4-10-31-20/h1-10,16,19H,11-13H2,(H2,23,28)/t16-,19-/m1/s1. The minimum Gasteiger partial charge on any atom is -0.477 e. The number of rotatable bonds is 5. The summed E-state index contributed by atoms with van der Waals surface area (Å²) in [5, 5.41) is 8.12. The number of carbonyl (C=O) groups excluding carboxylic acids is 2. The molecule has 3 aromatic rings. The monoisotopic (exact) mass is 436 g/mol. The highest BCUT2D eigenvalue weighted by atomic mass is 32.1. The van der Waals surface area contributed by atoms with Gasteiger partial charge in [-0.3, -0.25) is 9.59 Å². The summed E-state index contributed by atoms with van der Waals surface area (Å²) in [6, 6.07) is 14.6. The van der Waals surface area contributed by atoms with Crippen LogP contribution in [0.3, 0.4) is 0 Å². The van der Waals surface area contributed by atoms with Crippen molar-refractivity contribution in [3.05, 3.63) is 70.8 Å². The number of anilines is 1. The Morgan fingerprint density at radius 1 is 1.16 bits per heavy atom. The Kier molecular flexibility index (Phi) is 4.95. The Bertz CT molecular complexity index is 1130. The fraction of sp³-hybridized carbons (Fsp3) is 0.227. The molecule has 2 aliphatic heterocycles. The van der Waals surface area contributed by atoms with Crippen molar-refractivity contribution in [3.63, 3.8) is 0 Å². The molecule has 0 aliphatic carbocycles. The first-order valence-corrected chi connectivity index (χ1v) is 10.7. The van der Waals surface area contributed by atoms with Gasteiger partial charge in [0, 0.05) is 6.42 Å². The maximum Gasteiger partial charge on any atom is 0.262 e. The molecule has 9 heteroatoms. The topological polar surface area (TPSA) is 101 Å². The van der Waals surface area contributed by atoms with Gasteiger partial charge in [0.15, 0.2) is 6.10 Å². The molecule has 2 atom stereocenters. The molecule has 2 aliphatic rings. The molecule has 31 heavy (non-hydrogen) atoms. The van der Waals surface area contributed by atoms with Crippen LogP contribution in [-0.4, -0.2) is 41.7 Å². The second-order valence-corrected chi connectivity index (χ2v) is 8.30. The molecule has 0 bridgehead atoms. The minimum absolute atomic E-state index is 0.0303. The second kappa shape index (κ2) is 7.92. The Hall–Kier alpha value is -3.59. The number of hydrogen-bond donors (Lipinski definition) is 1. The summed E-state index contributed by atoms with van der Waals surface area (Å²) < 4.78 is 11.3. The van der Waals surface area contributed by atoms with Crippen LogP contribution < -0.4 is 15.4 Å². The normalized spacial score (nSPS) is 20.2. The van der Waals surface area contributed by atoms with Crippen LogP contribution in [0.15, 0.2) is 69.7 Å². The SMILES string of the molecule is NC(=O)[C@H]1CN(CC(=O)N2N=C(c3cccs3)C[C@@H]2c2ccco2)c2ccccc2O1. The van der Waals surface area contributed by atoms with Crippen LogP contribution in [-0.2, 0) is 9.59 Å². The summed E-state index contributed by atoms with van der Waals surface area (Å²) >= 11 is 1.59. The van der Waals surface area contributed by atoms with Crippen LogP contribution in [0.25, 0.3) is 0 Å². The summed E-state index contributed by atoms with van der Waals surface area (Å²) in [6.45, 7) is 0.224. The largest absolute Gasteiger partial charge is 0.477 e. The third-order valence-electron chi connectivity index (χ3n) is 5.35. The first-order chi connectivity index (χ1) is 15.1. The minimum atomic E-state index is -0.827. The number of hydrazone groups is 1. The van der Waals surface area contributed by atoms with Gasteiger partial charge in [0.2, 0.25) is 0 Å². The summed E-state index contributed by atoms with van der Waals surface area (Å²) in [7, 11) is 0. The fourth-order valence-electron chi connectivity index (χ4n) is 3.87. The number of ether oxygens (including phenoxy) is 1. The maximum absolute atomic E-state index is 13.4. The third-order valence-corrected chi connectivity index (χ3v) is 6.27. The Morgan fingerprint density at radius 2 is 2.03 bits per heavy atom. The molecule has 8 nitrogen and oxygen atoms in total. The van der Waals surface area contributed by atoms with E-state index in [4.69, 9.17) is 14.9 Å². The molecule has 0 radical (unpaired) electrons. The molecule has 158 valence electrons. The first kappa shape index (κ1) is 19.4. The average molecular weight is 436 g/mol. The van der Waals surface area contributed by atoms with Crippen molar-refractivity contribution in [3.8, 4) is 5.75 Å². The number of nitrogens with two attached hydrogens (primary N) is 1. The number of primary amides is 1. The van der Waals surface area contributed by atoms with E-state index in [1.807, 2.05) is 46.7 Å². The quantitative estimate of drug-likeness (QED) is 0.663. The zero-order valence-corrected chi connectivity index (χ0v) is 17.3. The summed E-state index contributed by atoms with van der Waals surface area (Å²) in [4.78, 5) is 28.0. The molecular formula is C22H20N4O4S. The van der Waals surface area contributed by atoms with Crippen LogP contribution in [0.2, 0.25) is 0 Å². The van der Waals surface area contributed by atoms with Crippen molar-refractivity contribution in [1.82, 2.24) is 5.01 Å². The summed E-state index contributed by atoms with van der Waals surface area (Å²) in [5.41, 5.74) is 7.07. The van der Waals surface area contributed by atoms with E-state index >= 15 is 0 Å². The van der Waals surface area contributed by atoms with Gasteiger partial charge >= 0.3 is 0 Å². The molecule has 2 N–H and O–H groups in total. The molecule has 4 heterocycles. The van der Waals surface area contributed by atoms with Crippen molar-refractivity contribution >= 4 is 34.6 Å². The lowest BCUT2D eigenvalue weighted by atomic mass is 10.1. The number of benzene rings is 1. The van der Waals surface area contributed by atoms with E-state index in [0.717, 1.165) is 16.3 Å². The van der Waals surface area contributed by atoms with Crippen LogP contribution in [0.1, 0.15) is 23.1 Å². The van der Waals surface area contributed by atoms with Crippen LogP contribution >= 0.6 is 11.3 Å². The number of hydrogen-bond acceptors (Lipinski definition) is 7. The van der Waals surface area contributed by atoms with Crippen molar-refractivity contribution in [2.75, 3.05) is 18.0 Å². The number of amides is 2. The number of thiophene rings is 1. The van der Waals surface area contributed by atoms with E-state index in [1.165, 1.54) is 5.01 Å². The highest BCUT2D eigenvalue weighted by molar-refractivity contribution is 7.12. The molecule has 2 aromatic heterocycles. The number of carbonyl (C=O) groups is 2. The van der Waals surface area contributed by atoms with E-state index in [9.17, 15) is 9.59 Å². The van der Waals surface area contributed by atoms with Gasteiger partial charge in [-0.25, -0.2) is 5.01 Å². The van der Waals surface area contributed by atoms with Gasteiger partial charge in [-0.2, -0.15) is 5.10 Å². The van der Waals surface area contributed by atoms with Crippen molar-refractivity contribution in [2.45, 2.75) is 18.6 Å². The average Bonchev–Trinajstić information content (AvgIpc) is 3.54. The van der Waals surface area contributed by atoms with Gasteiger partial charge in [0.25, 0.3) is 11.8 Å². The van der Waals surface area contributed by atoms with Crippen molar-refractivity contribution in [2.24, 2.45) is 10.8 Å². The second-order valence-electron chi connectivity index (χ2n) is 7.35. The fourth-order valence-corrected chi connectivity index (χ4v) is 4.60. The predicted molar refractivity (Wildman–Crippen MR) is 116 cm³/mol. The predicted octanol–water partition coefficient (Wildman–Crippen LogP) is 2.77. The van der Waals surface area contributed by atoms with Crippen LogP contribution in [0.4, 0.5) is 5.69 Å². The third kappa shape index (κ3) is 3.68. The maximum atomic E-state index is 13.4. The van der Waals surface area contributed by atoms with E-state index < -0.39 is 12.0 Å². The lowest BCUT2D eigenvalue weighted by molar-refractivity contribution is -0.132. The molecule has 2 amide bonds. The lowest BCUT2D eigenvalue weighted by Gasteiger charge is -2.35. The molecule has 0 saturated heterocycles. The number of nitrogens with zero attached hydrogens (tertiary/aromatic N) is 3. The molecule has 0 unspecified atom stereocenters. The first-order valence-electron chi connectivity index (χ1n) is 9.87. The lowest BCUT2D eigenvalue weighted by Crippen LogP contribution is -2.50. The highest BCUT2D eigenvalue weighted by Gasteiger charge is 2.37. The van der Waals surface area contributed by atoms with E-state index in [2.05, 4.69) is 5.10 Å².